The normalized spacial score (nSPS) is 11.2. The van der Waals surface area contributed by atoms with E-state index in [0.717, 1.165) is 25.3 Å². The van der Waals surface area contributed by atoms with E-state index in [1.807, 2.05) is 0 Å². The molecule has 1 aromatic heterocycles. The number of hydrogen-bond acceptors (Lipinski definition) is 4. The largest absolute Gasteiger partial charge is 0.384 e. The molecule has 0 fully saturated rings. The van der Waals surface area contributed by atoms with Crippen LogP contribution >= 0.6 is 0 Å². The Labute approximate surface area is 104 Å². The molecule has 4 nitrogen and oxygen atoms in total. The maximum Gasteiger partial charge on any atom is 0.227 e. The number of rotatable bonds is 6. The third-order valence-electron chi connectivity index (χ3n) is 2.87. The quantitative estimate of drug-likeness (QED) is 0.825. The Morgan fingerprint density at radius 1 is 1.29 bits per heavy atom. The van der Waals surface area contributed by atoms with Crippen molar-refractivity contribution in [3.05, 3.63) is 12.3 Å². The molecule has 0 aliphatic heterocycles. The van der Waals surface area contributed by atoms with E-state index < -0.39 is 0 Å². The molecule has 2 N–H and O–H groups in total. The second-order valence-electron chi connectivity index (χ2n) is 4.80. The van der Waals surface area contributed by atoms with Crippen LogP contribution in [0.2, 0.25) is 0 Å². The van der Waals surface area contributed by atoms with Crippen molar-refractivity contribution in [2.75, 3.05) is 17.2 Å². The fraction of sp³-hybridized carbons (Fsp3) is 0.692. The van der Waals surface area contributed by atoms with Gasteiger partial charge in [-0.25, -0.2) is 4.98 Å². The second kappa shape index (κ2) is 6.42. The molecule has 0 amide bonds. The standard InChI is InChI=1S/C13H24N4/c1-5-11(6-2)17(9-10(3)4)13-15-8-7-12(14)16-13/h7-8,10-11H,5-6,9H2,1-4H3,(H2,14,15,16). The van der Waals surface area contributed by atoms with Crippen LogP contribution in [0.4, 0.5) is 11.8 Å². The van der Waals surface area contributed by atoms with Crippen LogP contribution in [0.1, 0.15) is 40.5 Å². The minimum absolute atomic E-state index is 0.485. The molecule has 96 valence electrons. The highest BCUT2D eigenvalue weighted by atomic mass is 15.3. The lowest BCUT2D eigenvalue weighted by Gasteiger charge is -2.32. The lowest BCUT2D eigenvalue weighted by molar-refractivity contribution is 0.499. The van der Waals surface area contributed by atoms with Gasteiger partial charge in [0, 0.05) is 18.8 Å². The van der Waals surface area contributed by atoms with Crippen LogP contribution < -0.4 is 10.6 Å². The van der Waals surface area contributed by atoms with E-state index in [4.69, 9.17) is 5.73 Å². The number of hydrogen-bond donors (Lipinski definition) is 1. The fourth-order valence-electron chi connectivity index (χ4n) is 2.02. The van der Waals surface area contributed by atoms with Gasteiger partial charge in [0.25, 0.3) is 0 Å². The number of anilines is 2. The summed E-state index contributed by atoms with van der Waals surface area (Å²) in [4.78, 5) is 11.0. The molecule has 0 unspecified atom stereocenters. The Balaban J connectivity index is 2.96. The summed E-state index contributed by atoms with van der Waals surface area (Å²) < 4.78 is 0. The number of nitrogens with zero attached hydrogens (tertiary/aromatic N) is 3. The molecule has 0 atom stereocenters. The van der Waals surface area contributed by atoms with Crippen molar-refractivity contribution in [1.82, 2.24) is 9.97 Å². The topological polar surface area (TPSA) is 55.0 Å². The molecule has 0 bridgehead atoms. The zero-order valence-corrected chi connectivity index (χ0v) is 11.3. The summed E-state index contributed by atoms with van der Waals surface area (Å²) in [5.41, 5.74) is 5.73. The smallest absolute Gasteiger partial charge is 0.227 e. The summed E-state index contributed by atoms with van der Waals surface area (Å²) in [6, 6.07) is 2.21. The maximum absolute atomic E-state index is 5.73. The SMILES string of the molecule is CCC(CC)N(CC(C)C)c1nccc(N)n1. The Bertz CT molecular complexity index is 334. The molecule has 0 saturated carbocycles. The lowest BCUT2D eigenvalue weighted by atomic mass is 10.1. The molecular formula is C13H24N4. The summed E-state index contributed by atoms with van der Waals surface area (Å²) >= 11 is 0. The van der Waals surface area contributed by atoms with Gasteiger partial charge in [0.15, 0.2) is 0 Å². The highest BCUT2D eigenvalue weighted by Crippen LogP contribution is 2.18. The lowest BCUT2D eigenvalue weighted by Crippen LogP contribution is -2.38. The van der Waals surface area contributed by atoms with Crippen molar-refractivity contribution in [3.63, 3.8) is 0 Å². The van der Waals surface area contributed by atoms with Gasteiger partial charge in [0.05, 0.1) is 0 Å². The molecule has 0 aliphatic carbocycles. The fourth-order valence-corrected chi connectivity index (χ4v) is 2.02. The molecule has 0 saturated heterocycles. The van der Waals surface area contributed by atoms with Crippen molar-refractivity contribution in [3.8, 4) is 0 Å². The van der Waals surface area contributed by atoms with Crippen molar-refractivity contribution in [2.24, 2.45) is 5.92 Å². The highest BCUT2D eigenvalue weighted by molar-refractivity contribution is 5.38. The van der Waals surface area contributed by atoms with Crippen LogP contribution in [0, 0.1) is 5.92 Å². The third-order valence-corrected chi connectivity index (χ3v) is 2.87. The van der Waals surface area contributed by atoms with Crippen molar-refractivity contribution >= 4 is 11.8 Å². The summed E-state index contributed by atoms with van der Waals surface area (Å²) in [5.74, 6) is 1.88. The molecule has 0 aliphatic rings. The van der Waals surface area contributed by atoms with E-state index in [2.05, 4.69) is 42.6 Å². The van der Waals surface area contributed by atoms with E-state index in [-0.39, 0.29) is 0 Å². The van der Waals surface area contributed by atoms with Gasteiger partial charge in [0.2, 0.25) is 5.95 Å². The van der Waals surface area contributed by atoms with Gasteiger partial charge in [0.1, 0.15) is 5.82 Å². The second-order valence-corrected chi connectivity index (χ2v) is 4.80. The molecule has 1 rings (SSSR count). The van der Waals surface area contributed by atoms with Crippen LogP contribution in [0.15, 0.2) is 12.3 Å². The molecule has 0 spiro atoms. The van der Waals surface area contributed by atoms with Crippen molar-refractivity contribution in [1.29, 1.82) is 0 Å². The van der Waals surface area contributed by atoms with E-state index in [9.17, 15) is 0 Å². The Morgan fingerprint density at radius 3 is 2.41 bits per heavy atom. The molecule has 0 aromatic carbocycles. The molecule has 0 radical (unpaired) electrons. The van der Waals surface area contributed by atoms with Crippen LogP contribution in [0.5, 0.6) is 0 Å². The van der Waals surface area contributed by atoms with Gasteiger partial charge >= 0.3 is 0 Å². The number of nitrogens with two attached hydrogens (primary N) is 1. The monoisotopic (exact) mass is 236 g/mol. The van der Waals surface area contributed by atoms with E-state index in [1.165, 1.54) is 0 Å². The van der Waals surface area contributed by atoms with Gasteiger partial charge < -0.3 is 10.6 Å². The van der Waals surface area contributed by atoms with Crippen LogP contribution in [-0.2, 0) is 0 Å². The minimum Gasteiger partial charge on any atom is -0.384 e. The van der Waals surface area contributed by atoms with E-state index in [0.29, 0.717) is 17.8 Å². The number of nitrogen functional groups attached to an aromatic ring is 1. The van der Waals surface area contributed by atoms with Gasteiger partial charge in [-0.15, -0.1) is 0 Å². The average Bonchev–Trinajstić information content (AvgIpc) is 2.29. The van der Waals surface area contributed by atoms with Crippen LogP contribution in [0.3, 0.4) is 0 Å². The van der Waals surface area contributed by atoms with E-state index in [1.54, 1.807) is 12.3 Å². The van der Waals surface area contributed by atoms with Gasteiger partial charge in [-0.05, 0) is 24.8 Å². The first-order valence-corrected chi connectivity index (χ1v) is 6.43. The Morgan fingerprint density at radius 2 is 1.94 bits per heavy atom. The van der Waals surface area contributed by atoms with Crippen LogP contribution in [0.25, 0.3) is 0 Å². The predicted molar refractivity (Wildman–Crippen MR) is 73.0 cm³/mol. The maximum atomic E-state index is 5.73. The average molecular weight is 236 g/mol. The zero-order chi connectivity index (χ0) is 12.8. The molecule has 17 heavy (non-hydrogen) atoms. The van der Waals surface area contributed by atoms with Crippen LogP contribution in [-0.4, -0.2) is 22.6 Å². The summed E-state index contributed by atoms with van der Waals surface area (Å²) in [7, 11) is 0. The Kier molecular flexibility index (Phi) is 5.19. The molecular weight excluding hydrogens is 212 g/mol. The molecule has 4 heteroatoms. The highest BCUT2D eigenvalue weighted by Gasteiger charge is 2.19. The van der Waals surface area contributed by atoms with Gasteiger partial charge in [-0.3, -0.25) is 0 Å². The molecule has 1 heterocycles. The third kappa shape index (κ3) is 3.88. The summed E-state index contributed by atoms with van der Waals surface area (Å²) in [6.45, 7) is 9.79. The first-order chi connectivity index (χ1) is 8.08. The zero-order valence-electron chi connectivity index (χ0n) is 11.3. The first-order valence-electron chi connectivity index (χ1n) is 6.43. The van der Waals surface area contributed by atoms with Gasteiger partial charge in [-0.1, -0.05) is 27.7 Å². The van der Waals surface area contributed by atoms with Crippen molar-refractivity contribution < 1.29 is 0 Å². The first kappa shape index (κ1) is 13.7. The van der Waals surface area contributed by atoms with E-state index >= 15 is 0 Å². The Hall–Kier alpha value is -1.32. The van der Waals surface area contributed by atoms with Crippen molar-refractivity contribution in [2.45, 2.75) is 46.6 Å². The minimum atomic E-state index is 0.485. The number of aromatic nitrogens is 2. The summed E-state index contributed by atoms with van der Waals surface area (Å²) in [5, 5.41) is 0. The summed E-state index contributed by atoms with van der Waals surface area (Å²) in [6.07, 6.45) is 3.93. The van der Waals surface area contributed by atoms with Gasteiger partial charge in [-0.2, -0.15) is 4.98 Å². The predicted octanol–water partition coefficient (Wildman–Crippen LogP) is 2.71. The molecule has 1 aromatic rings.